The number of piperazine rings is 1. The molecule has 0 radical (unpaired) electrons. The highest BCUT2D eigenvalue weighted by Gasteiger charge is 2.31. The number of nitrogens with one attached hydrogen (secondary N) is 1. The fourth-order valence-corrected chi connectivity index (χ4v) is 3.07. The first-order chi connectivity index (χ1) is 13.5. The maximum Gasteiger partial charge on any atom is 0.312 e. The van der Waals surface area contributed by atoms with Gasteiger partial charge in [-0.1, -0.05) is 30.3 Å². The van der Waals surface area contributed by atoms with Crippen LogP contribution in [0.5, 0.6) is 0 Å². The Bertz CT molecular complexity index is 883. The summed E-state index contributed by atoms with van der Waals surface area (Å²) in [5, 5.41) is 2.69. The van der Waals surface area contributed by atoms with Crippen LogP contribution in [0.2, 0.25) is 0 Å². The van der Waals surface area contributed by atoms with E-state index in [0.717, 1.165) is 5.56 Å². The van der Waals surface area contributed by atoms with Gasteiger partial charge >= 0.3 is 11.8 Å². The van der Waals surface area contributed by atoms with Gasteiger partial charge in [-0.2, -0.15) is 0 Å². The lowest BCUT2D eigenvalue weighted by molar-refractivity contribution is -0.156. The van der Waals surface area contributed by atoms with Crippen LogP contribution in [0.25, 0.3) is 0 Å². The minimum absolute atomic E-state index is 0.103. The first-order valence-corrected chi connectivity index (χ1v) is 9.18. The molecule has 1 heterocycles. The van der Waals surface area contributed by atoms with Gasteiger partial charge in [-0.25, -0.2) is 4.39 Å². The summed E-state index contributed by atoms with van der Waals surface area (Å²) in [5.74, 6) is -1.64. The number of rotatable bonds is 6. The van der Waals surface area contributed by atoms with Crippen LogP contribution < -0.4 is 5.32 Å². The van der Waals surface area contributed by atoms with Gasteiger partial charge in [-0.05, 0) is 30.7 Å². The fraction of sp³-hybridized carbons (Fsp3) is 0.286. The third-order valence-corrected chi connectivity index (χ3v) is 4.77. The van der Waals surface area contributed by atoms with Crippen LogP contribution in [0.4, 0.5) is 4.39 Å². The molecule has 0 aromatic heterocycles. The quantitative estimate of drug-likeness (QED) is 0.775. The highest BCUT2D eigenvalue weighted by molar-refractivity contribution is 6.35. The van der Waals surface area contributed by atoms with Crippen LogP contribution in [-0.4, -0.2) is 47.2 Å². The number of halogens is 1. The third kappa shape index (κ3) is 4.36. The maximum absolute atomic E-state index is 13.6. The molecule has 0 aliphatic carbocycles. The van der Waals surface area contributed by atoms with E-state index >= 15 is 0 Å². The highest BCUT2D eigenvalue weighted by atomic mass is 19.1. The molecule has 146 valence electrons. The standard InChI is InChI=1S/C21H22FN3O3/c1-2-24-11-12-25(21(28)20(24)27)14-15-7-9-16(10-8-15)19(26)23-13-17-5-3-4-6-18(17)22/h3-10H,2,11-14H2,1H3,(H,23,26). The third-order valence-electron chi connectivity index (χ3n) is 4.77. The first-order valence-electron chi connectivity index (χ1n) is 9.18. The van der Waals surface area contributed by atoms with Crippen molar-refractivity contribution in [2.75, 3.05) is 19.6 Å². The van der Waals surface area contributed by atoms with Crippen LogP contribution in [0.3, 0.4) is 0 Å². The summed E-state index contributed by atoms with van der Waals surface area (Å²) in [6.07, 6.45) is 0. The number of likely N-dealkylation sites (N-methyl/N-ethyl adjacent to an activating group) is 1. The average molecular weight is 383 g/mol. The second-order valence-corrected chi connectivity index (χ2v) is 6.58. The van der Waals surface area contributed by atoms with E-state index in [0.29, 0.717) is 37.3 Å². The van der Waals surface area contributed by atoms with Crippen molar-refractivity contribution >= 4 is 17.7 Å². The Morgan fingerprint density at radius 1 is 1.00 bits per heavy atom. The van der Waals surface area contributed by atoms with Crippen molar-refractivity contribution in [2.24, 2.45) is 0 Å². The van der Waals surface area contributed by atoms with Crippen molar-refractivity contribution in [2.45, 2.75) is 20.0 Å². The predicted octanol–water partition coefficient (Wildman–Crippen LogP) is 1.95. The molecule has 6 nitrogen and oxygen atoms in total. The van der Waals surface area contributed by atoms with Gasteiger partial charge in [0.15, 0.2) is 0 Å². The average Bonchev–Trinajstić information content (AvgIpc) is 2.71. The second-order valence-electron chi connectivity index (χ2n) is 6.58. The SMILES string of the molecule is CCN1CCN(Cc2ccc(C(=O)NCc3ccccc3F)cc2)C(=O)C1=O. The van der Waals surface area contributed by atoms with Gasteiger partial charge in [0.05, 0.1) is 0 Å². The Morgan fingerprint density at radius 3 is 2.32 bits per heavy atom. The van der Waals surface area contributed by atoms with E-state index in [4.69, 9.17) is 0 Å². The van der Waals surface area contributed by atoms with Gasteiger partial charge < -0.3 is 15.1 Å². The van der Waals surface area contributed by atoms with E-state index in [2.05, 4.69) is 5.32 Å². The number of hydrogen-bond acceptors (Lipinski definition) is 3. The zero-order valence-electron chi connectivity index (χ0n) is 15.7. The molecule has 1 fully saturated rings. The minimum atomic E-state index is -0.500. The normalized spacial score (nSPS) is 14.4. The van der Waals surface area contributed by atoms with Crippen molar-refractivity contribution in [3.63, 3.8) is 0 Å². The molecular formula is C21H22FN3O3. The van der Waals surface area contributed by atoms with Crippen LogP contribution in [0.1, 0.15) is 28.4 Å². The number of carbonyl (C=O) groups excluding carboxylic acids is 3. The van der Waals surface area contributed by atoms with Gasteiger partial charge in [0.25, 0.3) is 5.91 Å². The van der Waals surface area contributed by atoms with E-state index in [1.165, 1.54) is 15.9 Å². The summed E-state index contributed by atoms with van der Waals surface area (Å²) in [4.78, 5) is 39.4. The Labute approximate surface area is 162 Å². The molecule has 0 unspecified atom stereocenters. The molecule has 3 amide bonds. The monoisotopic (exact) mass is 383 g/mol. The van der Waals surface area contributed by atoms with Gasteiger partial charge in [0, 0.05) is 43.9 Å². The lowest BCUT2D eigenvalue weighted by atomic mass is 10.1. The maximum atomic E-state index is 13.6. The van der Waals surface area contributed by atoms with Crippen LogP contribution >= 0.6 is 0 Å². The lowest BCUT2D eigenvalue weighted by Gasteiger charge is -2.33. The van der Waals surface area contributed by atoms with E-state index in [1.807, 2.05) is 6.92 Å². The van der Waals surface area contributed by atoms with E-state index in [1.54, 1.807) is 42.5 Å². The number of hydrogen-bond donors (Lipinski definition) is 1. The number of benzene rings is 2. The van der Waals surface area contributed by atoms with Crippen LogP contribution in [-0.2, 0) is 22.7 Å². The van der Waals surface area contributed by atoms with Crippen LogP contribution in [0.15, 0.2) is 48.5 Å². The molecule has 2 aromatic rings. The zero-order chi connectivity index (χ0) is 20.1. The molecule has 1 aliphatic rings. The predicted molar refractivity (Wildman–Crippen MR) is 102 cm³/mol. The van der Waals surface area contributed by atoms with Crippen molar-refractivity contribution in [1.29, 1.82) is 0 Å². The van der Waals surface area contributed by atoms with Gasteiger partial charge in [-0.15, -0.1) is 0 Å². The summed E-state index contributed by atoms with van der Waals surface area (Å²) < 4.78 is 13.6. The summed E-state index contributed by atoms with van der Waals surface area (Å²) >= 11 is 0. The van der Waals surface area contributed by atoms with Crippen LogP contribution in [0, 0.1) is 5.82 Å². The Hall–Kier alpha value is -3.22. The van der Waals surface area contributed by atoms with E-state index in [-0.39, 0.29) is 18.3 Å². The summed E-state index contributed by atoms with van der Waals surface area (Å²) in [5.41, 5.74) is 1.69. The highest BCUT2D eigenvalue weighted by Crippen LogP contribution is 2.12. The molecule has 28 heavy (non-hydrogen) atoms. The molecule has 0 saturated carbocycles. The second kappa shape index (κ2) is 8.65. The fourth-order valence-electron chi connectivity index (χ4n) is 3.07. The van der Waals surface area contributed by atoms with Crippen molar-refractivity contribution in [3.05, 3.63) is 71.0 Å². The number of nitrogens with zero attached hydrogens (tertiary/aromatic N) is 2. The molecule has 7 heteroatoms. The Balaban J connectivity index is 1.57. The molecule has 1 aliphatic heterocycles. The topological polar surface area (TPSA) is 69.7 Å². The van der Waals surface area contributed by atoms with E-state index < -0.39 is 11.8 Å². The molecule has 1 saturated heterocycles. The number of carbonyl (C=O) groups is 3. The minimum Gasteiger partial charge on any atom is -0.348 e. The first kappa shape index (κ1) is 19.5. The van der Waals surface area contributed by atoms with Crippen molar-refractivity contribution < 1.29 is 18.8 Å². The lowest BCUT2D eigenvalue weighted by Crippen LogP contribution is -2.53. The molecule has 0 spiro atoms. The molecule has 0 bridgehead atoms. The number of amides is 3. The molecule has 2 aromatic carbocycles. The van der Waals surface area contributed by atoms with Gasteiger partial charge in [-0.3, -0.25) is 14.4 Å². The summed E-state index contributed by atoms with van der Waals surface area (Å²) in [6.45, 7) is 3.80. The Morgan fingerprint density at radius 2 is 1.64 bits per heavy atom. The van der Waals surface area contributed by atoms with Gasteiger partial charge in [0.2, 0.25) is 0 Å². The Kier molecular flexibility index (Phi) is 6.03. The molecular weight excluding hydrogens is 361 g/mol. The smallest absolute Gasteiger partial charge is 0.312 e. The van der Waals surface area contributed by atoms with Crippen molar-refractivity contribution in [3.8, 4) is 0 Å². The van der Waals surface area contributed by atoms with E-state index in [9.17, 15) is 18.8 Å². The van der Waals surface area contributed by atoms with Crippen molar-refractivity contribution in [1.82, 2.24) is 15.1 Å². The molecule has 1 N–H and O–H groups in total. The largest absolute Gasteiger partial charge is 0.348 e. The molecule has 3 rings (SSSR count). The summed E-state index contributed by atoms with van der Waals surface area (Å²) in [6, 6.07) is 13.1. The summed E-state index contributed by atoms with van der Waals surface area (Å²) in [7, 11) is 0. The molecule has 0 atom stereocenters. The zero-order valence-corrected chi connectivity index (χ0v) is 15.7. The van der Waals surface area contributed by atoms with Gasteiger partial charge in [0.1, 0.15) is 5.82 Å².